The van der Waals surface area contributed by atoms with Crippen molar-refractivity contribution in [3.63, 3.8) is 0 Å². The van der Waals surface area contributed by atoms with Gasteiger partial charge in [-0.3, -0.25) is 4.79 Å². The van der Waals surface area contributed by atoms with E-state index in [0.717, 1.165) is 0 Å². The topological polar surface area (TPSA) is 117 Å². The minimum Gasteiger partial charge on any atom is -0.669 e. The standard InChI is InChI=1S/C19H19BNO7/c22-18(13-4-2-1-3-5-13)21-10-14(11-21)27-15-7-6-12-8-9-20(25,26)28-17(12)16(15)19(23)24/h1-7,14,25-26H,8-11H2,(H,23,24)/q-1. The maximum atomic E-state index is 12.4. The molecule has 4 rings (SSSR count). The van der Waals surface area contributed by atoms with Crippen LogP contribution in [0.1, 0.15) is 26.3 Å². The van der Waals surface area contributed by atoms with Crippen molar-refractivity contribution in [1.29, 1.82) is 0 Å². The summed E-state index contributed by atoms with van der Waals surface area (Å²) in [5.41, 5.74) is 0.929. The average molecular weight is 384 g/mol. The van der Waals surface area contributed by atoms with Gasteiger partial charge in [-0.05, 0) is 30.2 Å². The fourth-order valence-corrected chi connectivity index (χ4v) is 3.45. The van der Waals surface area contributed by atoms with Gasteiger partial charge in [0.25, 0.3) is 5.91 Å². The molecule has 8 nitrogen and oxygen atoms in total. The Kier molecular flexibility index (Phi) is 4.48. The monoisotopic (exact) mass is 384 g/mol. The Labute approximate surface area is 160 Å². The Morgan fingerprint density at radius 2 is 1.82 bits per heavy atom. The first-order valence-corrected chi connectivity index (χ1v) is 9.03. The second-order valence-corrected chi connectivity index (χ2v) is 7.06. The summed E-state index contributed by atoms with van der Waals surface area (Å²) < 4.78 is 10.9. The largest absolute Gasteiger partial charge is 0.669 e. The Balaban J connectivity index is 1.49. The quantitative estimate of drug-likeness (QED) is 0.677. The van der Waals surface area contributed by atoms with Gasteiger partial charge in [-0.1, -0.05) is 30.6 Å². The molecule has 0 radical (unpaired) electrons. The molecule has 1 saturated heterocycles. The van der Waals surface area contributed by atoms with Gasteiger partial charge in [0.1, 0.15) is 17.4 Å². The fourth-order valence-electron chi connectivity index (χ4n) is 3.45. The Bertz CT molecular complexity index is 925. The van der Waals surface area contributed by atoms with Crippen LogP contribution in [0, 0.1) is 0 Å². The van der Waals surface area contributed by atoms with E-state index in [9.17, 15) is 24.7 Å². The highest BCUT2D eigenvalue weighted by Crippen LogP contribution is 2.39. The van der Waals surface area contributed by atoms with Crippen molar-refractivity contribution in [2.45, 2.75) is 18.8 Å². The Hall–Kier alpha value is -3.04. The first-order valence-electron chi connectivity index (χ1n) is 9.03. The third-order valence-corrected chi connectivity index (χ3v) is 4.96. The number of amides is 1. The molecule has 28 heavy (non-hydrogen) atoms. The molecule has 0 unspecified atom stereocenters. The maximum Gasteiger partial charge on any atom is 0.430 e. The van der Waals surface area contributed by atoms with Crippen LogP contribution in [-0.2, 0) is 6.42 Å². The van der Waals surface area contributed by atoms with Crippen molar-refractivity contribution in [1.82, 2.24) is 4.90 Å². The van der Waals surface area contributed by atoms with Gasteiger partial charge < -0.3 is 29.4 Å². The lowest BCUT2D eigenvalue weighted by Crippen LogP contribution is -2.56. The van der Waals surface area contributed by atoms with Crippen LogP contribution in [0.2, 0.25) is 6.32 Å². The lowest BCUT2D eigenvalue weighted by molar-refractivity contribution is 0.0168. The van der Waals surface area contributed by atoms with Crippen molar-refractivity contribution in [2.24, 2.45) is 0 Å². The Morgan fingerprint density at radius 3 is 2.50 bits per heavy atom. The van der Waals surface area contributed by atoms with Crippen molar-refractivity contribution in [3.05, 3.63) is 59.2 Å². The molecule has 2 aliphatic rings. The zero-order chi connectivity index (χ0) is 19.9. The molecule has 1 amide bonds. The number of carboxylic acids is 1. The van der Waals surface area contributed by atoms with E-state index in [1.807, 2.05) is 6.07 Å². The van der Waals surface area contributed by atoms with E-state index in [2.05, 4.69) is 0 Å². The van der Waals surface area contributed by atoms with Crippen LogP contribution in [0.25, 0.3) is 0 Å². The second-order valence-electron chi connectivity index (χ2n) is 7.06. The number of likely N-dealkylation sites (tertiary alicyclic amines) is 1. The number of benzene rings is 2. The van der Waals surface area contributed by atoms with E-state index in [1.165, 1.54) is 0 Å². The molecule has 0 bridgehead atoms. The first-order chi connectivity index (χ1) is 13.3. The predicted molar refractivity (Wildman–Crippen MR) is 99.5 cm³/mol. The van der Waals surface area contributed by atoms with E-state index >= 15 is 0 Å². The number of carbonyl (C=O) groups is 2. The van der Waals surface area contributed by atoms with E-state index in [0.29, 0.717) is 30.6 Å². The molecular weight excluding hydrogens is 365 g/mol. The number of hydrogen-bond acceptors (Lipinski definition) is 6. The van der Waals surface area contributed by atoms with Gasteiger partial charge in [0.05, 0.1) is 18.8 Å². The summed E-state index contributed by atoms with van der Waals surface area (Å²) in [6.07, 6.45) is -0.0529. The highest BCUT2D eigenvalue weighted by Gasteiger charge is 2.36. The van der Waals surface area contributed by atoms with E-state index in [-0.39, 0.29) is 35.4 Å². The molecule has 3 N–H and O–H groups in total. The predicted octanol–water partition coefficient (Wildman–Crippen LogP) is 1.15. The molecule has 0 aliphatic carbocycles. The molecule has 2 aliphatic heterocycles. The van der Waals surface area contributed by atoms with Crippen LogP contribution in [0.4, 0.5) is 0 Å². The van der Waals surface area contributed by atoms with Crippen LogP contribution in [0.15, 0.2) is 42.5 Å². The number of ether oxygens (including phenoxy) is 1. The summed E-state index contributed by atoms with van der Waals surface area (Å²) in [6.45, 7) is -2.42. The van der Waals surface area contributed by atoms with E-state index in [1.54, 1.807) is 41.3 Å². The van der Waals surface area contributed by atoms with Crippen LogP contribution in [0.3, 0.4) is 0 Å². The second kappa shape index (κ2) is 6.85. The summed E-state index contributed by atoms with van der Waals surface area (Å²) in [5, 5.41) is 29.2. The zero-order valence-electron chi connectivity index (χ0n) is 14.9. The third-order valence-electron chi connectivity index (χ3n) is 4.96. The van der Waals surface area contributed by atoms with Gasteiger partial charge in [-0.15, -0.1) is 0 Å². The molecule has 0 aromatic heterocycles. The summed E-state index contributed by atoms with van der Waals surface area (Å²) in [5.74, 6) is -1.38. The first kappa shape index (κ1) is 18.3. The van der Waals surface area contributed by atoms with Gasteiger partial charge in [0.15, 0.2) is 0 Å². The average Bonchev–Trinajstić information content (AvgIpc) is 2.63. The lowest BCUT2D eigenvalue weighted by atomic mass is 9.70. The van der Waals surface area contributed by atoms with Gasteiger partial charge in [0.2, 0.25) is 0 Å². The van der Waals surface area contributed by atoms with Crippen molar-refractivity contribution in [3.8, 4) is 11.5 Å². The summed E-state index contributed by atoms with van der Waals surface area (Å²) in [7, 11) is 0. The molecule has 0 spiro atoms. The number of fused-ring (bicyclic) bond motifs is 1. The van der Waals surface area contributed by atoms with Crippen molar-refractivity contribution < 1.29 is 34.1 Å². The molecule has 9 heteroatoms. The van der Waals surface area contributed by atoms with E-state index in [4.69, 9.17) is 9.39 Å². The fraction of sp³-hybridized carbons (Fsp3) is 0.263. The van der Waals surface area contributed by atoms with Gasteiger partial charge in [-0.2, -0.15) is 0 Å². The van der Waals surface area contributed by atoms with Gasteiger partial charge >= 0.3 is 12.7 Å². The van der Waals surface area contributed by atoms with Crippen LogP contribution in [0.5, 0.6) is 11.5 Å². The number of carboxylic acid groups (broad SMARTS) is 1. The smallest absolute Gasteiger partial charge is 0.430 e. The summed E-state index contributed by atoms with van der Waals surface area (Å²) in [4.78, 5) is 25.8. The van der Waals surface area contributed by atoms with E-state index < -0.39 is 12.7 Å². The minimum atomic E-state index is -3.09. The molecule has 146 valence electrons. The molecular formula is C19H19BNO7-. The van der Waals surface area contributed by atoms with Crippen molar-refractivity contribution >= 4 is 18.6 Å². The third kappa shape index (κ3) is 3.41. The highest BCUT2D eigenvalue weighted by atomic mass is 16.6. The number of rotatable bonds is 4. The van der Waals surface area contributed by atoms with Crippen LogP contribution in [-0.4, -0.2) is 57.9 Å². The molecule has 1 fully saturated rings. The molecule has 0 saturated carbocycles. The minimum absolute atomic E-state index is 0.00540. The SMILES string of the molecule is O=C(O)c1c(OC2CN(C(=O)c3ccccc3)C2)ccc2c1O[B-](O)(O)CC2. The molecule has 2 aromatic carbocycles. The zero-order valence-corrected chi connectivity index (χ0v) is 14.9. The number of carbonyl (C=O) groups excluding carboxylic acids is 1. The van der Waals surface area contributed by atoms with Crippen LogP contribution >= 0.6 is 0 Å². The van der Waals surface area contributed by atoms with Crippen LogP contribution < -0.4 is 9.39 Å². The molecule has 2 aromatic rings. The lowest BCUT2D eigenvalue weighted by Gasteiger charge is -2.40. The maximum absolute atomic E-state index is 12.4. The van der Waals surface area contributed by atoms with Gasteiger partial charge in [-0.25, -0.2) is 4.79 Å². The number of aromatic carboxylic acids is 1. The summed E-state index contributed by atoms with van der Waals surface area (Å²) in [6, 6.07) is 12.1. The Morgan fingerprint density at radius 1 is 1.11 bits per heavy atom. The number of aryl methyl sites for hydroxylation is 1. The normalized spacial score (nSPS) is 17.9. The number of hydrogen-bond donors (Lipinski definition) is 3. The van der Waals surface area contributed by atoms with Gasteiger partial charge in [0, 0.05) is 5.56 Å². The highest BCUT2D eigenvalue weighted by molar-refractivity contribution is 6.59. The van der Waals surface area contributed by atoms with Crippen molar-refractivity contribution in [2.75, 3.05) is 13.1 Å². The number of nitrogens with zero attached hydrogens (tertiary/aromatic N) is 1. The molecule has 0 atom stereocenters. The molecule has 2 heterocycles. The summed E-state index contributed by atoms with van der Waals surface area (Å²) >= 11 is 0.